The van der Waals surface area contributed by atoms with Crippen LogP contribution in [0.4, 0.5) is 5.69 Å². The molecule has 1 aromatic rings. The Hall–Kier alpha value is -0.140. The van der Waals surface area contributed by atoms with E-state index < -0.39 is 10.0 Å². The zero-order chi connectivity index (χ0) is 13.1. The average Bonchev–Trinajstić information content (AvgIpc) is 2.15. The third-order valence-corrected chi connectivity index (χ3v) is 4.88. The van der Waals surface area contributed by atoms with E-state index in [2.05, 4.69) is 4.72 Å². The van der Waals surface area contributed by atoms with Crippen LogP contribution >= 0.6 is 35.0 Å². The fourth-order valence-electron chi connectivity index (χ4n) is 1.19. The van der Waals surface area contributed by atoms with Crippen LogP contribution in [0.25, 0.3) is 0 Å². The summed E-state index contributed by atoms with van der Waals surface area (Å²) in [7, 11) is -3.69. The molecule has 0 unspecified atom stereocenters. The Kier molecular flexibility index (Phi) is 5.40. The molecule has 17 heavy (non-hydrogen) atoms. The Morgan fingerprint density at radius 3 is 2.35 bits per heavy atom. The molecule has 4 nitrogen and oxygen atoms in total. The van der Waals surface area contributed by atoms with Crippen LogP contribution in [0.15, 0.2) is 17.0 Å². The maximum absolute atomic E-state index is 11.9. The van der Waals surface area contributed by atoms with Crippen molar-refractivity contribution in [2.24, 2.45) is 0 Å². The standard InChI is InChI=1S/C9H12Cl2N2O2S2/c1-16-3-2-13-17(14,15)9-7(10)4-6(12)5-8(9)11/h4-5,13H,2-3,12H2,1H3. The van der Waals surface area contributed by atoms with Gasteiger partial charge in [-0.05, 0) is 18.4 Å². The molecule has 0 bridgehead atoms. The first kappa shape index (κ1) is 14.9. The summed E-state index contributed by atoms with van der Waals surface area (Å²) in [4.78, 5) is -0.129. The number of nitrogens with one attached hydrogen (secondary N) is 1. The van der Waals surface area contributed by atoms with E-state index in [-0.39, 0.29) is 14.9 Å². The Labute approximate surface area is 115 Å². The van der Waals surface area contributed by atoms with Crippen molar-refractivity contribution in [1.29, 1.82) is 0 Å². The average molecular weight is 315 g/mol. The van der Waals surface area contributed by atoms with Gasteiger partial charge >= 0.3 is 0 Å². The first-order chi connectivity index (χ1) is 7.88. The highest BCUT2D eigenvalue weighted by Crippen LogP contribution is 2.31. The minimum Gasteiger partial charge on any atom is -0.399 e. The maximum Gasteiger partial charge on any atom is 0.243 e. The molecule has 0 amide bonds. The summed E-state index contributed by atoms with van der Waals surface area (Å²) in [6, 6.07) is 2.72. The van der Waals surface area contributed by atoms with Crippen molar-refractivity contribution in [3.8, 4) is 0 Å². The molecule has 0 fully saturated rings. The van der Waals surface area contributed by atoms with Crippen molar-refractivity contribution in [2.45, 2.75) is 4.90 Å². The van der Waals surface area contributed by atoms with E-state index in [4.69, 9.17) is 28.9 Å². The normalized spacial score (nSPS) is 11.7. The highest BCUT2D eigenvalue weighted by molar-refractivity contribution is 7.98. The second-order valence-electron chi connectivity index (χ2n) is 3.20. The number of sulfonamides is 1. The van der Waals surface area contributed by atoms with Gasteiger partial charge in [-0.2, -0.15) is 11.8 Å². The van der Waals surface area contributed by atoms with Crippen LogP contribution in [0, 0.1) is 0 Å². The second kappa shape index (κ2) is 6.15. The van der Waals surface area contributed by atoms with E-state index in [1.807, 2.05) is 6.26 Å². The van der Waals surface area contributed by atoms with Crippen molar-refractivity contribution < 1.29 is 8.42 Å². The van der Waals surface area contributed by atoms with Gasteiger partial charge < -0.3 is 5.73 Å². The van der Waals surface area contributed by atoms with Crippen LogP contribution in [0.3, 0.4) is 0 Å². The molecule has 1 rings (SSSR count). The van der Waals surface area contributed by atoms with Gasteiger partial charge in [0.1, 0.15) is 4.90 Å². The first-order valence-corrected chi connectivity index (χ1v) is 8.25. The Bertz CT molecular complexity index is 483. The molecule has 0 saturated carbocycles. The molecule has 8 heteroatoms. The third-order valence-electron chi connectivity index (χ3n) is 1.89. The highest BCUT2D eigenvalue weighted by atomic mass is 35.5. The molecule has 0 atom stereocenters. The van der Waals surface area contributed by atoms with Crippen molar-refractivity contribution in [3.05, 3.63) is 22.2 Å². The van der Waals surface area contributed by atoms with Crippen LogP contribution in [0.2, 0.25) is 10.0 Å². The Morgan fingerprint density at radius 1 is 1.35 bits per heavy atom. The number of hydrogen-bond donors (Lipinski definition) is 2. The van der Waals surface area contributed by atoms with Crippen LogP contribution in [-0.4, -0.2) is 27.0 Å². The molecule has 96 valence electrons. The zero-order valence-electron chi connectivity index (χ0n) is 9.04. The van der Waals surface area contributed by atoms with Gasteiger partial charge in [-0.15, -0.1) is 0 Å². The van der Waals surface area contributed by atoms with Crippen LogP contribution in [-0.2, 0) is 10.0 Å². The molecular weight excluding hydrogens is 303 g/mol. The van der Waals surface area contributed by atoms with Gasteiger partial charge in [0.15, 0.2) is 0 Å². The van der Waals surface area contributed by atoms with Crippen molar-refractivity contribution >= 4 is 50.7 Å². The number of halogens is 2. The molecule has 0 aliphatic rings. The predicted molar refractivity (Wildman–Crippen MR) is 74.4 cm³/mol. The summed E-state index contributed by atoms with van der Waals surface area (Å²) in [5, 5.41) is 0.0401. The molecule has 1 aromatic carbocycles. The van der Waals surface area contributed by atoms with E-state index in [1.165, 1.54) is 23.9 Å². The van der Waals surface area contributed by atoms with Gasteiger partial charge in [0.2, 0.25) is 10.0 Å². The third kappa shape index (κ3) is 3.93. The van der Waals surface area contributed by atoms with E-state index in [0.29, 0.717) is 18.0 Å². The van der Waals surface area contributed by atoms with E-state index >= 15 is 0 Å². The molecule has 0 saturated heterocycles. The van der Waals surface area contributed by atoms with Gasteiger partial charge in [-0.1, -0.05) is 23.2 Å². The number of thioether (sulfide) groups is 1. The maximum atomic E-state index is 11.9. The van der Waals surface area contributed by atoms with Gasteiger partial charge in [-0.25, -0.2) is 13.1 Å². The summed E-state index contributed by atoms with van der Waals surface area (Å²) >= 11 is 13.2. The van der Waals surface area contributed by atoms with E-state index in [0.717, 1.165) is 0 Å². The Balaban J connectivity index is 3.07. The van der Waals surface area contributed by atoms with Gasteiger partial charge in [0.25, 0.3) is 0 Å². The molecule has 3 N–H and O–H groups in total. The SMILES string of the molecule is CSCCNS(=O)(=O)c1c(Cl)cc(N)cc1Cl. The number of hydrogen-bond acceptors (Lipinski definition) is 4. The Morgan fingerprint density at radius 2 is 1.88 bits per heavy atom. The van der Waals surface area contributed by atoms with Crippen LogP contribution < -0.4 is 10.5 Å². The highest BCUT2D eigenvalue weighted by Gasteiger charge is 2.21. The lowest BCUT2D eigenvalue weighted by atomic mass is 10.3. The van der Waals surface area contributed by atoms with Crippen molar-refractivity contribution in [3.63, 3.8) is 0 Å². The summed E-state index contributed by atoms with van der Waals surface area (Å²) in [5.41, 5.74) is 5.83. The lowest BCUT2D eigenvalue weighted by molar-refractivity contribution is 0.584. The van der Waals surface area contributed by atoms with Gasteiger partial charge in [-0.3, -0.25) is 0 Å². The fraction of sp³-hybridized carbons (Fsp3) is 0.333. The monoisotopic (exact) mass is 314 g/mol. The smallest absolute Gasteiger partial charge is 0.243 e. The minimum atomic E-state index is -3.69. The summed E-state index contributed by atoms with van der Waals surface area (Å²) in [6.45, 7) is 0.320. The predicted octanol–water partition coefficient (Wildman–Crippen LogP) is 2.22. The summed E-state index contributed by atoms with van der Waals surface area (Å²) in [6.07, 6.45) is 1.89. The lowest BCUT2D eigenvalue weighted by Crippen LogP contribution is -2.26. The largest absolute Gasteiger partial charge is 0.399 e. The molecule has 0 aliphatic carbocycles. The molecule has 0 spiro atoms. The second-order valence-corrected chi connectivity index (χ2v) is 6.71. The topological polar surface area (TPSA) is 72.2 Å². The number of anilines is 1. The van der Waals surface area contributed by atoms with Crippen LogP contribution in [0.1, 0.15) is 0 Å². The quantitative estimate of drug-likeness (QED) is 0.645. The van der Waals surface area contributed by atoms with Gasteiger partial charge in [0, 0.05) is 18.0 Å². The molecule has 0 aliphatic heterocycles. The van der Waals surface area contributed by atoms with E-state index in [9.17, 15) is 8.42 Å². The van der Waals surface area contributed by atoms with Crippen LogP contribution in [0.5, 0.6) is 0 Å². The molecular formula is C9H12Cl2N2O2S2. The van der Waals surface area contributed by atoms with E-state index in [1.54, 1.807) is 0 Å². The minimum absolute atomic E-state index is 0.0200. The summed E-state index contributed by atoms with van der Waals surface area (Å²) < 4.78 is 26.3. The first-order valence-electron chi connectivity index (χ1n) is 4.61. The number of rotatable bonds is 5. The number of nitrogens with two attached hydrogens (primary N) is 1. The summed E-state index contributed by atoms with van der Waals surface area (Å²) in [5.74, 6) is 0.670. The zero-order valence-corrected chi connectivity index (χ0v) is 12.2. The molecule has 0 aromatic heterocycles. The number of benzene rings is 1. The number of nitrogen functional groups attached to an aromatic ring is 1. The van der Waals surface area contributed by atoms with Crippen molar-refractivity contribution in [1.82, 2.24) is 4.72 Å². The van der Waals surface area contributed by atoms with Crippen molar-refractivity contribution in [2.75, 3.05) is 24.3 Å². The fourth-order valence-corrected chi connectivity index (χ4v) is 3.88. The molecule has 0 radical (unpaired) electrons. The molecule has 0 heterocycles. The lowest BCUT2D eigenvalue weighted by Gasteiger charge is -2.10. The van der Waals surface area contributed by atoms with Gasteiger partial charge in [0.05, 0.1) is 10.0 Å².